The molecule has 2 aliphatic rings. The summed E-state index contributed by atoms with van der Waals surface area (Å²) in [7, 11) is 0. The van der Waals surface area contributed by atoms with Crippen molar-refractivity contribution in [3.63, 3.8) is 0 Å². The van der Waals surface area contributed by atoms with E-state index >= 15 is 0 Å². The third kappa shape index (κ3) is 3.07. The molecule has 1 nitrogen and oxygen atoms in total. The lowest BCUT2D eigenvalue weighted by molar-refractivity contribution is 0.155. The average molecular weight is 272 g/mol. The fourth-order valence-electron chi connectivity index (χ4n) is 3.18. The Morgan fingerprint density at radius 2 is 2.13 bits per heavy atom. The van der Waals surface area contributed by atoms with E-state index in [1.165, 1.54) is 25.8 Å². The quantitative estimate of drug-likeness (QED) is 0.570. The lowest BCUT2D eigenvalue weighted by atomic mass is 9.68. The van der Waals surface area contributed by atoms with E-state index in [9.17, 15) is 0 Å². The Labute approximate surface area is 102 Å². The second-order valence-corrected chi connectivity index (χ2v) is 7.21. The van der Waals surface area contributed by atoms with Crippen molar-refractivity contribution in [2.75, 3.05) is 13.1 Å². The van der Waals surface area contributed by atoms with Crippen LogP contribution in [0.15, 0.2) is 12.2 Å². The Kier molecular flexibility index (Phi) is 3.56. The molecule has 1 fully saturated rings. The lowest BCUT2D eigenvalue weighted by Crippen LogP contribution is -2.37. The van der Waals surface area contributed by atoms with Gasteiger partial charge in [0.25, 0.3) is 0 Å². The van der Waals surface area contributed by atoms with Gasteiger partial charge in [-0.2, -0.15) is 0 Å². The zero-order valence-electron chi connectivity index (χ0n) is 9.80. The van der Waals surface area contributed by atoms with E-state index in [1.807, 2.05) is 0 Å². The molecular weight excluding hydrogens is 250 g/mol. The summed E-state index contributed by atoms with van der Waals surface area (Å²) in [4.78, 5) is 0.724. The standard InChI is InChI=1S/C13H22BrN/c1-13(2)7-11(6-12(14)8-13)10-4-3-5-15-9-10/h3-4,10-12,15H,5-9H2,1-2H3. The molecule has 0 radical (unpaired) electrons. The fraction of sp³-hybridized carbons (Fsp3) is 0.846. The van der Waals surface area contributed by atoms with Gasteiger partial charge in [-0.05, 0) is 36.5 Å². The highest BCUT2D eigenvalue weighted by Gasteiger charge is 2.35. The molecule has 2 rings (SSSR count). The van der Waals surface area contributed by atoms with Gasteiger partial charge in [-0.3, -0.25) is 0 Å². The molecule has 0 saturated heterocycles. The topological polar surface area (TPSA) is 12.0 Å². The molecule has 2 heteroatoms. The van der Waals surface area contributed by atoms with Crippen LogP contribution < -0.4 is 5.32 Å². The molecular formula is C13H22BrN. The number of alkyl halides is 1. The first-order valence-electron chi connectivity index (χ1n) is 6.08. The van der Waals surface area contributed by atoms with Gasteiger partial charge in [0.1, 0.15) is 0 Å². The Bertz CT molecular complexity index is 247. The molecule has 1 aliphatic heterocycles. The second kappa shape index (κ2) is 4.58. The number of nitrogens with one attached hydrogen (secondary N) is 1. The van der Waals surface area contributed by atoms with Crippen molar-refractivity contribution in [2.45, 2.75) is 37.9 Å². The SMILES string of the molecule is CC1(C)CC(Br)CC(C2C=CCNC2)C1. The first-order valence-corrected chi connectivity index (χ1v) is 7.00. The third-order valence-corrected chi connectivity index (χ3v) is 4.48. The molecule has 0 aromatic carbocycles. The Balaban J connectivity index is 2.02. The van der Waals surface area contributed by atoms with Crippen LogP contribution in [0.5, 0.6) is 0 Å². The molecule has 86 valence electrons. The van der Waals surface area contributed by atoms with Gasteiger partial charge >= 0.3 is 0 Å². The van der Waals surface area contributed by atoms with Gasteiger partial charge in [-0.15, -0.1) is 0 Å². The normalized spacial score (nSPS) is 40.3. The Hall–Kier alpha value is 0.180. The maximum absolute atomic E-state index is 3.83. The maximum atomic E-state index is 3.83. The summed E-state index contributed by atoms with van der Waals surface area (Å²) < 4.78 is 0. The molecule has 0 aromatic rings. The van der Waals surface area contributed by atoms with E-state index in [0.29, 0.717) is 5.41 Å². The Morgan fingerprint density at radius 1 is 1.33 bits per heavy atom. The average Bonchev–Trinajstić information content (AvgIpc) is 2.16. The van der Waals surface area contributed by atoms with Crippen LogP contribution in [0.3, 0.4) is 0 Å². The molecule has 15 heavy (non-hydrogen) atoms. The minimum Gasteiger partial charge on any atom is -0.313 e. The van der Waals surface area contributed by atoms with E-state index in [2.05, 4.69) is 47.2 Å². The van der Waals surface area contributed by atoms with Crippen molar-refractivity contribution in [3.8, 4) is 0 Å². The van der Waals surface area contributed by atoms with E-state index < -0.39 is 0 Å². The van der Waals surface area contributed by atoms with Crippen molar-refractivity contribution in [1.29, 1.82) is 0 Å². The van der Waals surface area contributed by atoms with Gasteiger partial charge in [-0.25, -0.2) is 0 Å². The van der Waals surface area contributed by atoms with Crippen molar-refractivity contribution in [2.24, 2.45) is 17.3 Å². The van der Waals surface area contributed by atoms with Crippen molar-refractivity contribution >= 4 is 15.9 Å². The van der Waals surface area contributed by atoms with Crippen molar-refractivity contribution in [1.82, 2.24) is 5.32 Å². The highest BCUT2D eigenvalue weighted by molar-refractivity contribution is 9.09. The van der Waals surface area contributed by atoms with Crippen LogP contribution in [-0.4, -0.2) is 17.9 Å². The van der Waals surface area contributed by atoms with Gasteiger partial charge < -0.3 is 5.32 Å². The van der Waals surface area contributed by atoms with Crippen LogP contribution in [0.4, 0.5) is 0 Å². The number of hydrogen-bond donors (Lipinski definition) is 1. The molecule has 3 atom stereocenters. The number of halogens is 1. The van der Waals surface area contributed by atoms with E-state index in [1.54, 1.807) is 0 Å². The highest BCUT2D eigenvalue weighted by Crippen LogP contribution is 2.44. The minimum atomic E-state index is 0.516. The summed E-state index contributed by atoms with van der Waals surface area (Å²) >= 11 is 3.83. The van der Waals surface area contributed by atoms with Crippen LogP contribution in [0.25, 0.3) is 0 Å². The first-order chi connectivity index (χ1) is 7.07. The summed E-state index contributed by atoms with van der Waals surface area (Å²) in [5, 5.41) is 3.47. The van der Waals surface area contributed by atoms with E-state index in [-0.39, 0.29) is 0 Å². The zero-order chi connectivity index (χ0) is 10.9. The minimum absolute atomic E-state index is 0.516. The van der Waals surface area contributed by atoms with Crippen LogP contribution in [-0.2, 0) is 0 Å². The predicted octanol–water partition coefficient (Wildman–Crippen LogP) is 3.35. The van der Waals surface area contributed by atoms with Gasteiger partial charge in [0.15, 0.2) is 0 Å². The molecule has 1 saturated carbocycles. The third-order valence-electron chi connectivity index (χ3n) is 3.78. The predicted molar refractivity (Wildman–Crippen MR) is 69.3 cm³/mol. The van der Waals surface area contributed by atoms with Gasteiger partial charge in [0, 0.05) is 17.9 Å². The van der Waals surface area contributed by atoms with Crippen LogP contribution in [0.2, 0.25) is 0 Å². The summed E-state index contributed by atoms with van der Waals surface area (Å²) in [5.74, 6) is 1.63. The molecule has 1 N–H and O–H groups in total. The maximum Gasteiger partial charge on any atom is 0.0153 e. The Morgan fingerprint density at radius 3 is 2.73 bits per heavy atom. The molecule has 0 spiro atoms. The van der Waals surface area contributed by atoms with Crippen LogP contribution >= 0.6 is 15.9 Å². The second-order valence-electron chi connectivity index (χ2n) is 5.92. The molecule has 0 aromatic heterocycles. The summed E-state index contributed by atoms with van der Waals surface area (Å²) in [6.45, 7) is 7.06. The van der Waals surface area contributed by atoms with E-state index in [0.717, 1.165) is 23.2 Å². The van der Waals surface area contributed by atoms with E-state index in [4.69, 9.17) is 0 Å². The van der Waals surface area contributed by atoms with Gasteiger partial charge in [0.2, 0.25) is 0 Å². The lowest BCUT2D eigenvalue weighted by Gasteiger charge is -2.41. The van der Waals surface area contributed by atoms with Gasteiger partial charge in [-0.1, -0.05) is 41.9 Å². The fourth-order valence-corrected chi connectivity index (χ4v) is 4.54. The molecule has 1 heterocycles. The van der Waals surface area contributed by atoms with Crippen molar-refractivity contribution < 1.29 is 0 Å². The molecule has 3 unspecified atom stereocenters. The number of rotatable bonds is 1. The van der Waals surface area contributed by atoms with Crippen molar-refractivity contribution in [3.05, 3.63) is 12.2 Å². The smallest absolute Gasteiger partial charge is 0.0153 e. The van der Waals surface area contributed by atoms with Crippen LogP contribution in [0.1, 0.15) is 33.1 Å². The molecule has 0 bridgehead atoms. The van der Waals surface area contributed by atoms with Crippen LogP contribution in [0, 0.1) is 17.3 Å². The largest absolute Gasteiger partial charge is 0.313 e. The summed E-state index contributed by atoms with van der Waals surface area (Å²) in [5.41, 5.74) is 0.516. The first kappa shape index (κ1) is 11.7. The highest BCUT2D eigenvalue weighted by atomic mass is 79.9. The summed E-state index contributed by atoms with van der Waals surface area (Å²) in [6.07, 6.45) is 8.78. The van der Waals surface area contributed by atoms with Gasteiger partial charge in [0.05, 0.1) is 0 Å². The zero-order valence-corrected chi connectivity index (χ0v) is 11.4. The molecule has 0 amide bonds. The molecule has 1 aliphatic carbocycles. The number of hydrogen-bond acceptors (Lipinski definition) is 1. The monoisotopic (exact) mass is 271 g/mol. The summed E-state index contributed by atoms with van der Waals surface area (Å²) in [6, 6.07) is 0.